The van der Waals surface area contributed by atoms with Crippen LogP contribution in [0, 0.1) is 3.57 Å². The second kappa shape index (κ2) is 4.62. The van der Waals surface area contributed by atoms with Crippen molar-refractivity contribution < 1.29 is 4.79 Å². The van der Waals surface area contributed by atoms with Gasteiger partial charge < -0.3 is 0 Å². The average Bonchev–Trinajstić information content (AvgIpc) is 2.08. The molecular formula is C9H7Cl2IO. The van der Waals surface area contributed by atoms with Crippen LogP contribution in [-0.2, 0) is 0 Å². The van der Waals surface area contributed by atoms with Gasteiger partial charge in [-0.2, -0.15) is 0 Å². The Hall–Kier alpha value is 0.200. The van der Waals surface area contributed by atoms with Crippen molar-refractivity contribution in [2.75, 3.05) is 0 Å². The maximum atomic E-state index is 11.5. The highest BCUT2D eigenvalue weighted by Crippen LogP contribution is 2.24. The number of carbonyl (C=O) groups excluding carboxylic acids is 1. The highest BCUT2D eigenvalue weighted by molar-refractivity contribution is 14.1. The third kappa shape index (κ3) is 2.58. The molecule has 13 heavy (non-hydrogen) atoms. The topological polar surface area (TPSA) is 17.1 Å². The van der Waals surface area contributed by atoms with Gasteiger partial charge in [-0.05, 0) is 41.6 Å². The number of Topliss-reactive ketones (excluding diaryl/α,β-unsaturated/α-hetero) is 1. The third-order valence-corrected chi connectivity index (χ3v) is 3.40. The molecule has 1 aromatic rings. The summed E-state index contributed by atoms with van der Waals surface area (Å²) in [6.45, 7) is 1.64. The summed E-state index contributed by atoms with van der Waals surface area (Å²) in [6.07, 6.45) is 0. The van der Waals surface area contributed by atoms with Crippen molar-refractivity contribution in [3.05, 3.63) is 32.4 Å². The first-order valence-corrected chi connectivity index (χ1v) is 5.55. The van der Waals surface area contributed by atoms with Crippen LogP contribution in [0.4, 0.5) is 0 Å². The van der Waals surface area contributed by atoms with Gasteiger partial charge in [-0.1, -0.05) is 17.7 Å². The smallest absolute Gasteiger partial charge is 0.181 e. The summed E-state index contributed by atoms with van der Waals surface area (Å²) in [5.41, 5.74) is 0.496. The highest BCUT2D eigenvalue weighted by Gasteiger charge is 2.16. The zero-order valence-corrected chi connectivity index (χ0v) is 10.5. The maximum Gasteiger partial charge on any atom is 0.181 e. The number of rotatable bonds is 2. The number of alkyl halides is 1. The molecule has 1 nitrogen and oxygen atoms in total. The lowest BCUT2D eigenvalue weighted by molar-refractivity contribution is 0.0992. The number of hydrogen-bond donors (Lipinski definition) is 0. The highest BCUT2D eigenvalue weighted by atomic mass is 127. The Morgan fingerprint density at radius 1 is 1.54 bits per heavy atom. The number of halogens is 3. The molecule has 0 aliphatic rings. The van der Waals surface area contributed by atoms with Gasteiger partial charge in [0, 0.05) is 9.13 Å². The molecule has 1 unspecified atom stereocenters. The van der Waals surface area contributed by atoms with Gasteiger partial charge in [0.25, 0.3) is 0 Å². The molecule has 0 amide bonds. The lowest BCUT2D eigenvalue weighted by Crippen LogP contribution is -2.11. The first-order valence-electron chi connectivity index (χ1n) is 3.66. The van der Waals surface area contributed by atoms with E-state index < -0.39 is 5.38 Å². The number of ketones is 1. The van der Waals surface area contributed by atoms with Crippen LogP contribution in [0.5, 0.6) is 0 Å². The van der Waals surface area contributed by atoms with Gasteiger partial charge in [0.05, 0.1) is 10.4 Å². The molecule has 0 saturated heterocycles. The summed E-state index contributed by atoms with van der Waals surface area (Å²) in [7, 11) is 0. The van der Waals surface area contributed by atoms with Crippen LogP contribution in [0.25, 0.3) is 0 Å². The lowest BCUT2D eigenvalue weighted by Gasteiger charge is -2.05. The number of carbonyl (C=O) groups is 1. The number of hydrogen-bond acceptors (Lipinski definition) is 1. The van der Waals surface area contributed by atoms with Gasteiger partial charge in [0.15, 0.2) is 5.78 Å². The quantitative estimate of drug-likeness (QED) is 0.459. The van der Waals surface area contributed by atoms with Crippen LogP contribution in [-0.4, -0.2) is 11.2 Å². The first kappa shape index (κ1) is 11.3. The Bertz CT molecular complexity index is 336. The molecule has 0 aliphatic carbocycles. The Morgan fingerprint density at radius 3 is 2.69 bits per heavy atom. The summed E-state index contributed by atoms with van der Waals surface area (Å²) in [5.74, 6) is -0.134. The second-order valence-corrected chi connectivity index (χ2v) is 4.78. The molecule has 1 aromatic carbocycles. The largest absolute Gasteiger partial charge is 0.292 e. The first-order chi connectivity index (χ1) is 6.04. The van der Waals surface area contributed by atoms with Crippen molar-refractivity contribution in [1.29, 1.82) is 0 Å². The Kier molecular flexibility index (Phi) is 4.01. The van der Waals surface area contributed by atoms with E-state index in [-0.39, 0.29) is 5.78 Å². The van der Waals surface area contributed by atoms with E-state index in [0.29, 0.717) is 10.6 Å². The summed E-state index contributed by atoms with van der Waals surface area (Å²) in [5, 5.41) is -0.0451. The zero-order valence-electron chi connectivity index (χ0n) is 6.85. The van der Waals surface area contributed by atoms with Crippen molar-refractivity contribution in [3.63, 3.8) is 0 Å². The molecular weight excluding hydrogens is 322 g/mol. The Labute approximate surface area is 101 Å². The monoisotopic (exact) mass is 328 g/mol. The van der Waals surface area contributed by atoms with Gasteiger partial charge in [0.1, 0.15) is 0 Å². The molecule has 0 radical (unpaired) electrons. The Morgan fingerprint density at radius 2 is 2.15 bits per heavy atom. The van der Waals surface area contributed by atoms with E-state index in [0.717, 1.165) is 3.57 Å². The Balaban J connectivity index is 3.15. The summed E-state index contributed by atoms with van der Waals surface area (Å²) >= 11 is 13.7. The van der Waals surface area contributed by atoms with Gasteiger partial charge in [-0.25, -0.2) is 0 Å². The summed E-state index contributed by atoms with van der Waals surface area (Å²) in [4.78, 5) is 11.5. The minimum absolute atomic E-state index is 0.134. The second-order valence-electron chi connectivity index (χ2n) is 2.58. The zero-order chi connectivity index (χ0) is 10.0. The van der Waals surface area contributed by atoms with Gasteiger partial charge in [-0.15, -0.1) is 11.6 Å². The van der Waals surface area contributed by atoms with E-state index >= 15 is 0 Å². The summed E-state index contributed by atoms with van der Waals surface area (Å²) < 4.78 is 0.863. The molecule has 0 spiro atoms. The summed E-state index contributed by atoms with van der Waals surface area (Å²) in [6, 6.07) is 5.32. The van der Waals surface area contributed by atoms with Crippen LogP contribution in [0.3, 0.4) is 0 Å². The lowest BCUT2D eigenvalue weighted by atomic mass is 10.1. The standard InChI is InChI=1S/C9H7Cl2IO/c1-5(10)9(13)6-3-2-4-7(12)8(6)11/h2-5H,1H3. The molecule has 0 aliphatic heterocycles. The minimum Gasteiger partial charge on any atom is -0.292 e. The molecule has 70 valence electrons. The van der Waals surface area contributed by atoms with Crippen LogP contribution < -0.4 is 0 Å². The fourth-order valence-corrected chi connectivity index (χ4v) is 1.74. The minimum atomic E-state index is -0.532. The van der Waals surface area contributed by atoms with E-state index in [2.05, 4.69) is 22.6 Å². The molecule has 0 bridgehead atoms. The van der Waals surface area contributed by atoms with Crippen molar-refractivity contribution in [1.82, 2.24) is 0 Å². The van der Waals surface area contributed by atoms with Gasteiger partial charge >= 0.3 is 0 Å². The van der Waals surface area contributed by atoms with E-state index in [1.54, 1.807) is 19.1 Å². The van der Waals surface area contributed by atoms with Crippen molar-refractivity contribution in [2.45, 2.75) is 12.3 Å². The van der Waals surface area contributed by atoms with E-state index in [4.69, 9.17) is 23.2 Å². The van der Waals surface area contributed by atoms with Crippen molar-refractivity contribution in [3.8, 4) is 0 Å². The molecule has 4 heteroatoms. The van der Waals surface area contributed by atoms with Gasteiger partial charge in [-0.3, -0.25) is 4.79 Å². The van der Waals surface area contributed by atoms with Crippen LogP contribution in [0.1, 0.15) is 17.3 Å². The van der Waals surface area contributed by atoms with E-state index in [1.165, 1.54) is 0 Å². The molecule has 0 aromatic heterocycles. The molecule has 0 fully saturated rings. The molecule has 0 N–H and O–H groups in total. The van der Waals surface area contributed by atoms with Crippen LogP contribution in [0.2, 0.25) is 5.02 Å². The third-order valence-electron chi connectivity index (χ3n) is 1.58. The normalized spacial score (nSPS) is 12.6. The predicted octanol–water partition coefficient (Wildman–Crippen LogP) is 3.75. The number of benzene rings is 1. The fraction of sp³-hybridized carbons (Fsp3) is 0.222. The van der Waals surface area contributed by atoms with Crippen molar-refractivity contribution in [2.24, 2.45) is 0 Å². The molecule has 1 atom stereocenters. The van der Waals surface area contributed by atoms with Crippen LogP contribution in [0.15, 0.2) is 18.2 Å². The SMILES string of the molecule is CC(Cl)C(=O)c1cccc(I)c1Cl. The van der Waals surface area contributed by atoms with E-state index in [9.17, 15) is 4.79 Å². The fourth-order valence-electron chi connectivity index (χ4n) is 0.908. The van der Waals surface area contributed by atoms with Gasteiger partial charge in [0.2, 0.25) is 0 Å². The van der Waals surface area contributed by atoms with Crippen molar-refractivity contribution >= 4 is 51.6 Å². The molecule has 0 heterocycles. The molecule has 1 rings (SSSR count). The average molecular weight is 329 g/mol. The maximum absolute atomic E-state index is 11.5. The van der Waals surface area contributed by atoms with Crippen LogP contribution >= 0.6 is 45.8 Å². The molecule has 0 saturated carbocycles. The van der Waals surface area contributed by atoms with E-state index in [1.807, 2.05) is 6.07 Å². The predicted molar refractivity (Wildman–Crippen MR) is 63.8 cm³/mol.